The van der Waals surface area contributed by atoms with Crippen LogP contribution in [0.3, 0.4) is 0 Å². The van der Waals surface area contributed by atoms with E-state index in [0.717, 1.165) is 15.6 Å². The zero-order valence-electron chi connectivity index (χ0n) is 12.6. The zero-order valence-corrected chi connectivity index (χ0v) is 14.1. The van der Waals surface area contributed by atoms with Crippen LogP contribution in [-0.4, -0.2) is 9.13 Å². The molecule has 2 aromatic carbocycles. The summed E-state index contributed by atoms with van der Waals surface area (Å²) in [5, 5.41) is 0.555. The third-order valence-electron chi connectivity index (χ3n) is 3.99. The Morgan fingerprint density at radius 2 is 1.68 bits per heavy atom. The number of hydrogen-bond donors (Lipinski definition) is 0. The molecular weight excluding hydrogens is 344 g/mol. The van der Waals surface area contributed by atoms with E-state index in [9.17, 15) is 9.59 Å². The minimum atomic E-state index is -0.339. The van der Waals surface area contributed by atoms with Gasteiger partial charge in [0.15, 0.2) is 0 Å². The van der Waals surface area contributed by atoms with Gasteiger partial charge in [-0.1, -0.05) is 34.1 Å². The molecule has 0 amide bonds. The molecule has 0 atom stereocenters. The van der Waals surface area contributed by atoms with E-state index in [0.29, 0.717) is 16.6 Å². The molecule has 4 nitrogen and oxygen atoms in total. The zero-order chi connectivity index (χ0) is 16.0. The van der Waals surface area contributed by atoms with Crippen LogP contribution in [0.15, 0.2) is 50.5 Å². The van der Waals surface area contributed by atoms with Gasteiger partial charge in [-0.25, -0.2) is 9.36 Å². The smallest absolute Gasteiger partial charge is 0.296 e. The molecule has 0 radical (unpaired) electrons. The van der Waals surface area contributed by atoms with E-state index in [-0.39, 0.29) is 11.2 Å². The van der Waals surface area contributed by atoms with Gasteiger partial charge >= 0.3 is 5.69 Å². The Kier molecular flexibility index (Phi) is 3.53. The number of fused-ring (bicyclic) bond motifs is 1. The summed E-state index contributed by atoms with van der Waals surface area (Å²) in [5.74, 6) is 0. The Bertz CT molecular complexity index is 1020. The molecule has 0 aliphatic heterocycles. The number of hydrogen-bond acceptors (Lipinski definition) is 2. The summed E-state index contributed by atoms with van der Waals surface area (Å²) in [7, 11) is 1.69. The van der Waals surface area contributed by atoms with Crippen LogP contribution in [0.1, 0.15) is 11.1 Å². The largest absolute Gasteiger partial charge is 0.335 e. The Labute approximate surface area is 135 Å². The summed E-state index contributed by atoms with van der Waals surface area (Å²) < 4.78 is 3.62. The van der Waals surface area contributed by atoms with Crippen LogP contribution in [0.4, 0.5) is 0 Å². The van der Waals surface area contributed by atoms with E-state index in [1.165, 1.54) is 9.13 Å². The Balaban J connectivity index is 2.59. The van der Waals surface area contributed by atoms with Crippen LogP contribution in [0.2, 0.25) is 0 Å². The quantitative estimate of drug-likeness (QED) is 0.670. The summed E-state index contributed by atoms with van der Waals surface area (Å²) >= 11 is 3.45. The second-order valence-electron chi connectivity index (χ2n) is 5.34. The lowest BCUT2D eigenvalue weighted by Crippen LogP contribution is -2.38. The number of rotatable bonds is 1. The van der Waals surface area contributed by atoms with Gasteiger partial charge in [0, 0.05) is 11.5 Å². The van der Waals surface area contributed by atoms with Gasteiger partial charge in [0.2, 0.25) is 0 Å². The number of aryl methyl sites for hydroxylation is 3. The van der Waals surface area contributed by atoms with Gasteiger partial charge in [-0.3, -0.25) is 9.36 Å². The lowest BCUT2D eigenvalue weighted by atomic mass is 10.1. The third kappa shape index (κ3) is 2.04. The van der Waals surface area contributed by atoms with Crippen molar-refractivity contribution in [1.82, 2.24) is 9.13 Å². The van der Waals surface area contributed by atoms with Crippen molar-refractivity contribution in [2.75, 3.05) is 0 Å². The first-order chi connectivity index (χ1) is 10.4. The van der Waals surface area contributed by atoms with Crippen LogP contribution >= 0.6 is 15.9 Å². The molecule has 1 heterocycles. The molecule has 3 aromatic rings. The van der Waals surface area contributed by atoms with E-state index < -0.39 is 0 Å². The van der Waals surface area contributed by atoms with Gasteiger partial charge < -0.3 is 0 Å². The average molecular weight is 359 g/mol. The van der Waals surface area contributed by atoms with Crippen LogP contribution in [0.5, 0.6) is 0 Å². The van der Waals surface area contributed by atoms with Gasteiger partial charge in [0.1, 0.15) is 0 Å². The van der Waals surface area contributed by atoms with Gasteiger partial charge in [0.25, 0.3) is 5.56 Å². The second kappa shape index (κ2) is 5.25. The number of benzene rings is 2. The molecule has 0 saturated heterocycles. The predicted molar refractivity (Wildman–Crippen MR) is 92.0 cm³/mol. The molecule has 1 aromatic heterocycles. The minimum absolute atomic E-state index is 0.286. The van der Waals surface area contributed by atoms with E-state index >= 15 is 0 Å². The fourth-order valence-electron chi connectivity index (χ4n) is 2.70. The first-order valence-electron chi connectivity index (χ1n) is 6.90. The van der Waals surface area contributed by atoms with E-state index in [2.05, 4.69) is 15.9 Å². The van der Waals surface area contributed by atoms with Gasteiger partial charge in [-0.05, 0) is 43.2 Å². The maximum Gasteiger partial charge on any atom is 0.335 e. The topological polar surface area (TPSA) is 44.0 Å². The first kappa shape index (κ1) is 14.8. The second-order valence-corrected chi connectivity index (χ2v) is 6.19. The molecular formula is C17H15BrN2O2. The van der Waals surface area contributed by atoms with E-state index in [1.807, 2.05) is 38.1 Å². The maximum atomic E-state index is 13.0. The summed E-state index contributed by atoms with van der Waals surface area (Å²) in [4.78, 5) is 25.6. The molecule has 0 fully saturated rings. The molecule has 0 spiro atoms. The van der Waals surface area contributed by atoms with Crippen molar-refractivity contribution >= 4 is 26.8 Å². The fraction of sp³-hybridized carbons (Fsp3) is 0.176. The van der Waals surface area contributed by atoms with E-state index in [1.54, 1.807) is 19.2 Å². The highest BCUT2D eigenvalue weighted by Gasteiger charge is 2.16. The van der Waals surface area contributed by atoms with Crippen molar-refractivity contribution in [3.8, 4) is 5.69 Å². The normalized spacial score (nSPS) is 11.1. The lowest BCUT2D eigenvalue weighted by molar-refractivity contribution is 0.770. The SMILES string of the molecule is Cc1ccccc1-n1c(=O)c2c(C)c(Br)ccc2n(C)c1=O. The molecule has 0 saturated carbocycles. The maximum absolute atomic E-state index is 13.0. The van der Waals surface area contributed by atoms with Crippen molar-refractivity contribution in [3.63, 3.8) is 0 Å². The molecule has 22 heavy (non-hydrogen) atoms. The number of para-hydroxylation sites is 1. The van der Waals surface area contributed by atoms with Gasteiger partial charge in [-0.15, -0.1) is 0 Å². The van der Waals surface area contributed by atoms with Crippen molar-refractivity contribution in [2.24, 2.45) is 7.05 Å². The standard InChI is InChI=1S/C17H15BrN2O2/c1-10-6-4-5-7-13(10)20-16(21)15-11(2)12(18)8-9-14(15)19(3)17(20)22/h4-9H,1-3H3. The van der Waals surface area contributed by atoms with Crippen LogP contribution in [0.25, 0.3) is 16.6 Å². The number of aromatic nitrogens is 2. The van der Waals surface area contributed by atoms with Crippen molar-refractivity contribution in [3.05, 3.63) is 72.8 Å². The Morgan fingerprint density at radius 1 is 1.00 bits per heavy atom. The molecule has 3 rings (SSSR count). The highest BCUT2D eigenvalue weighted by Crippen LogP contribution is 2.22. The van der Waals surface area contributed by atoms with Crippen LogP contribution in [0, 0.1) is 13.8 Å². The van der Waals surface area contributed by atoms with Crippen molar-refractivity contribution < 1.29 is 0 Å². The molecule has 112 valence electrons. The van der Waals surface area contributed by atoms with Crippen molar-refractivity contribution in [2.45, 2.75) is 13.8 Å². The van der Waals surface area contributed by atoms with Crippen LogP contribution < -0.4 is 11.2 Å². The number of nitrogens with zero attached hydrogens (tertiary/aromatic N) is 2. The number of halogens is 1. The Hall–Kier alpha value is -2.14. The molecule has 0 aliphatic carbocycles. The molecule has 0 bridgehead atoms. The highest BCUT2D eigenvalue weighted by atomic mass is 79.9. The van der Waals surface area contributed by atoms with Crippen LogP contribution in [-0.2, 0) is 7.05 Å². The van der Waals surface area contributed by atoms with Gasteiger partial charge in [0.05, 0.1) is 16.6 Å². The summed E-state index contributed by atoms with van der Waals surface area (Å²) in [6.07, 6.45) is 0. The lowest BCUT2D eigenvalue weighted by Gasteiger charge is -2.14. The molecule has 0 N–H and O–H groups in total. The third-order valence-corrected chi connectivity index (χ3v) is 4.85. The summed E-state index contributed by atoms with van der Waals surface area (Å²) in [6, 6.07) is 11.0. The van der Waals surface area contributed by atoms with Crippen molar-refractivity contribution in [1.29, 1.82) is 0 Å². The first-order valence-corrected chi connectivity index (χ1v) is 7.69. The minimum Gasteiger partial charge on any atom is -0.296 e. The predicted octanol–water partition coefficient (Wildman–Crippen LogP) is 3.07. The van der Waals surface area contributed by atoms with Gasteiger partial charge in [-0.2, -0.15) is 0 Å². The molecule has 0 unspecified atom stereocenters. The average Bonchev–Trinajstić information content (AvgIpc) is 2.49. The fourth-order valence-corrected chi connectivity index (χ4v) is 3.03. The van der Waals surface area contributed by atoms with E-state index in [4.69, 9.17) is 0 Å². The monoisotopic (exact) mass is 358 g/mol. The highest BCUT2D eigenvalue weighted by molar-refractivity contribution is 9.10. The molecule has 5 heteroatoms. The summed E-state index contributed by atoms with van der Waals surface area (Å²) in [6.45, 7) is 3.76. The Morgan fingerprint density at radius 3 is 2.36 bits per heavy atom. The molecule has 0 aliphatic rings. The summed E-state index contributed by atoms with van der Waals surface area (Å²) in [5.41, 5.74) is 2.35.